The van der Waals surface area contributed by atoms with Crippen molar-refractivity contribution in [1.29, 1.82) is 0 Å². The molecule has 1 aromatic carbocycles. The highest BCUT2D eigenvalue weighted by Crippen LogP contribution is 2.47. The van der Waals surface area contributed by atoms with Crippen molar-refractivity contribution in [2.24, 2.45) is 17.8 Å². The van der Waals surface area contributed by atoms with Gasteiger partial charge in [0.1, 0.15) is 29.3 Å². The number of rotatable bonds is 11. The number of carbonyl (C=O) groups excluding carboxylic acids is 3. The summed E-state index contributed by atoms with van der Waals surface area (Å²) in [5.74, 6) is -8.48. The lowest BCUT2D eigenvalue weighted by molar-refractivity contribution is -0.157. The molecule has 0 radical (unpaired) electrons. The smallest absolute Gasteiger partial charge is 0.408 e. The zero-order valence-electron chi connectivity index (χ0n) is 34.2. The van der Waals surface area contributed by atoms with Crippen LogP contribution in [0.2, 0.25) is 0 Å². The average molecular weight is 850 g/mol. The minimum atomic E-state index is -4.02. The van der Waals surface area contributed by atoms with Crippen LogP contribution in [0.1, 0.15) is 92.9 Å². The maximum Gasteiger partial charge on any atom is 0.408 e. The highest BCUT2D eigenvalue weighted by Gasteiger charge is 2.63. The molecule has 1 saturated heterocycles. The van der Waals surface area contributed by atoms with Gasteiger partial charge in [-0.05, 0) is 94.7 Å². The summed E-state index contributed by atoms with van der Waals surface area (Å²) in [5.41, 5.74) is -4.09. The van der Waals surface area contributed by atoms with Gasteiger partial charge in [0.15, 0.2) is 11.6 Å². The molecule has 7 atom stereocenters. The number of pyridine rings is 1. The fourth-order valence-corrected chi connectivity index (χ4v) is 9.78. The van der Waals surface area contributed by atoms with Crippen molar-refractivity contribution >= 4 is 44.6 Å². The van der Waals surface area contributed by atoms with Crippen molar-refractivity contribution in [1.82, 2.24) is 24.8 Å². The Bertz CT molecular complexity index is 2110. The van der Waals surface area contributed by atoms with Gasteiger partial charge in [0.2, 0.25) is 27.7 Å². The molecule has 3 heterocycles. The van der Waals surface area contributed by atoms with Crippen molar-refractivity contribution in [3.8, 4) is 11.6 Å². The Morgan fingerprint density at radius 3 is 2.47 bits per heavy atom. The van der Waals surface area contributed by atoms with Crippen LogP contribution in [0.25, 0.3) is 10.8 Å². The summed E-state index contributed by atoms with van der Waals surface area (Å²) in [6.07, 6.45) is 4.47. The van der Waals surface area contributed by atoms with E-state index in [1.54, 1.807) is 26.0 Å². The standard InChI is InChI=1S/C41H54F3N5O9S/c1-7-24-17-23(3)11-9-10-12-26-21-41(26,37(52)47-59(55,56)28-13-14-28)46-34(50)31-19-27(58-35-29-20-30(42)32(57-8-2)18-25(29)15-16-45-35)22-48(31)36(51)33(24)49(38(53)54)39(4,5)40(6,43)44/h10,12,15-16,18,20,23-24,26-28,31,33H,7-9,11,13-14,17,19,21-22H2,1-6H3,(H,46,50)(H,47,52)(H,53,54)/b12-10-/t23-,24+,26+,27+,31-,33-,41+/m0/s1. The Morgan fingerprint density at radius 1 is 1.14 bits per heavy atom. The molecule has 3 fully saturated rings. The van der Waals surface area contributed by atoms with E-state index in [0.717, 1.165) is 18.7 Å². The third-order valence-electron chi connectivity index (χ3n) is 12.5. The van der Waals surface area contributed by atoms with Crippen molar-refractivity contribution < 1.29 is 55.3 Å². The van der Waals surface area contributed by atoms with Crippen LogP contribution in [0.5, 0.6) is 11.6 Å². The largest absolute Gasteiger partial charge is 0.491 e. The number of ether oxygens (including phenoxy) is 2. The van der Waals surface area contributed by atoms with Gasteiger partial charge in [0.05, 0.1) is 18.4 Å². The van der Waals surface area contributed by atoms with Crippen LogP contribution in [0, 0.1) is 23.6 Å². The van der Waals surface area contributed by atoms with E-state index in [0.29, 0.717) is 42.9 Å². The van der Waals surface area contributed by atoms with Crippen molar-refractivity contribution in [2.75, 3.05) is 13.2 Å². The van der Waals surface area contributed by atoms with Crippen LogP contribution in [0.4, 0.5) is 18.0 Å². The molecule has 2 saturated carbocycles. The molecule has 14 nitrogen and oxygen atoms in total. The summed E-state index contributed by atoms with van der Waals surface area (Å²) >= 11 is 0. The van der Waals surface area contributed by atoms with Gasteiger partial charge >= 0.3 is 6.09 Å². The van der Waals surface area contributed by atoms with Crippen LogP contribution < -0.4 is 19.5 Å². The molecule has 0 bridgehead atoms. The molecule has 4 aliphatic rings. The Hall–Kier alpha value is -4.61. The topological polar surface area (TPSA) is 185 Å². The lowest BCUT2D eigenvalue weighted by Crippen LogP contribution is -2.67. The van der Waals surface area contributed by atoms with Gasteiger partial charge in [0.25, 0.3) is 11.8 Å². The maximum atomic E-state index is 15.4. The Kier molecular flexibility index (Phi) is 12.3. The van der Waals surface area contributed by atoms with E-state index in [1.807, 2.05) is 13.0 Å². The van der Waals surface area contributed by atoms with Crippen molar-refractivity contribution in [3.05, 3.63) is 42.4 Å². The van der Waals surface area contributed by atoms with Crippen molar-refractivity contribution in [2.45, 2.75) is 133 Å². The summed E-state index contributed by atoms with van der Waals surface area (Å²) in [5, 5.41) is 13.5. The van der Waals surface area contributed by atoms with E-state index < -0.39 is 91.9 Å². The van der Waals surface area contributed by atoms with Gasteiger partial charge in [-0.1, -0.05) is 32.4 Å². The first kappa shape index (κ1) is 44.0. The summed E-state index contributed by atoms with van der Waals surface area (Å²) in [4.78, 5) is 62.8. The van der Waals surface area contributed by atoms with E-state index in [4.69, 9.17) is 9.47 Å². The molecule has 6 rings (SSSR count). The quantitative estimate of drug-likeness (QED) is 0.234. The number of benzene rings is 1. The molecule has 18 heteroatoms. The number of carboxylic acid groups (broad SMARTS) is 1. The zero-order chi connectivity index (χ0) is 43.2. The molecule has 0 spiro atoms. The number of aromatic nitrogens is 1. The molecule has 1 aromatic heterocycles. The fourth-order valence-electron chi connectivity index (χ4n) is 8.41. The average Bonchev–Trinajstić information content (AvgIpc) is 4.08. The van der Waals surface area contributed by atoms with Crippen LogP contribution in [-0.4, -0.2) is 106 Å². The Labute approximate surface area is 342 Å². The normalized spacial score (nSPS) is 28.7. The van der Waals surface area contributed by atoms with E-state index in [-0.39, 0.29) is 61.8 Å². The van der Waals surface area contributed by atoms with E-state index in [9.17, 15) is 27.9 Å². The molecule has 0 unspecified atom stereocenters. The fraction of sp³-hybridized carbons (Fsp3) is 0.634. The van der Waals surface area contributed by atoms with E-state index >= 15 is 18.0 Å². The number of fused-ring (bicyclic) bond motifs is 3. The molecule has 2 aliphatic heterocycles. The van der Waals surface area contributed by atoms with Crippen molar-refractivity contribution in [3.63, 3.8) is 0 Å². The molecular weight excluding hydrogens is 796 g/mol. The highest BCUT2D eigenvalue weighted by molar-refractivity contribution is 7.91. The molecule has 2 aliphatic carbocycles. The second-order valence-electron chi connectivity index (χ2n) is 17.0. The molecule has 59 heavy (non-hydrogen) atoms. The minimum Gasteiger partial charge on any atom is -0.491 e. The molecule has 4 amide bonds. The van der Waals surface area contributed by atoms with E-state index in [2.05, 4.69) is 15.0 Å². The number of nitrogens with zero attached hydrogens (tertiary/aromatic N) is 3. The number of alkyl halides is 2. The SMILES string of the molecule is CCOc1cc2ccnc(O[C@@H]3C[C@H]4C(=O)N[C@]5(C(=O)NS(=O)(=O)C6CC6)C[C@H]5/C=C\CC[C@H](C)C[C@@H](CC)[C@H](N(C(=O)O)C(C)(C)C(C)(F)F)C(=O)N4C3)c2cc1F. The summed E-state index contributed by atoms with van der Waals surface area (Å²) < 4.78 is 85.7. The number of halogens is 3. The summed E-state index contributed by atoms with van der Waals surface area (Å²) in [6, 6.07) is 1.16. The number of sulfonamides is 1. The molecule has 3 N–H and O–H groups in total. The molecular formula is C41H54F3N5O9S. The van der Waals surface area contributed by atoms with Crippen LogP contribution >= 0.6 is 0 Å². The first-order valence-corrected chi connectivity index (χ1v) is 21.8. The number of carbonyl (C=O) groups is 4. The minimum absolute atomic E-state index is 0.0108. The Morgan fingerprint density at radius 2 is 1.85 bits per heavy atom. The van der Waals surface area contributed by atoms with Gasteiger partial charge in [-0.25, -0.2) is 31.4 Å². The van der Waals surface area contributed by atoms with Gasteiger partial charge in [0, 0.05) is 30.8 Å². The number of hydrogen-bond acceptors (Lipinski definition) is 9. The second-order valence-corrected chi connectivity index (χ2v) is 19.0. The monoisotopic (exact) mass is 849 g/mol. The predicted octanol–water partition coefficient (Wildman–Crippen LogP) is 5.79. The first-order valence-electron chi connectivity index (χ1n) is 20.3. The Balaban J connectivity index is 1.44. The first-order chi connectivity index (χ1) is 27.6. The van der Waals surface area contributed by atoms with Crippen LogP contribution in [0.15, 0.2) is 36.5 Å². The third-order valence-corrected chi connectivity index (χ3v) is 14.3. The molecule has 324 valence electrons. The van der Waals surface area contributed by atoms with E-state index in [1.165, 1.54) is 18.3 Å². The summed E-state index contributed by atoms with van der Waals surface area (Å²) in [6.45, 7) is 7.95. The number of allylic oxidation sites excluding steroid dienone is 1. The number of hydrogen-bond donors (Lipinski definition) is 3. The van der Waals surface area contributed by atoms with Gasteiger partial charge in [-0.3, -0.25) is 24.0 Å². The van der Waals surface area contributed by atoms with Gasteiger partial charge in [-0.15, -0.1) is 0 Å². The second kappa shape index (κ2) is 16.4. The summed E-state index contributed by atoms with van der Waals surface area (Å²) in [7, 11) is -4.02. The number of amides is 4. The lowest BCUT2D eigenvalue weighted by atomic mass is 9.81. The number of nitrogens with one attached hydrogen (secondary N) is 2. The van der Waals surface area contributed by atoms with Crippen LogP contribution in [-0.2, 0) is 24.4 Å². The predicted molar refractivity (Wildman–Crippen MR) is 211 cm³/mol. The lowest BCUT2D eigenvalue weighted by Gasteiger charge is -2.47. The zero-order valence-corrected chi connectivity index (χ0v) is 35.0. The van der Waals surface area contributed by atoms with Gasteiger partial charge < -0.3 is 24.8 Å². The third kappa shape index (κ3) is 8.83. The van der Waals surface area contributed by atoms with Gasteiger partial charge in [-0.2, -0.15) is 0 Å². The maximum absolute atomic E-state index is 15.4. The molecule has 2 aromatic rings. The highest BCUT2D eigenvalue weighted by atomic mass is 32.2. The van der Waals surface area contributed by atoms with Crippen LogP contribution in [0.3, 0.4) is 0 Å².